The van der Waals surface area contributed by atoms with E-state index in [0.717, 1.165) is 37.6 Å². The van der Waals surface area contributed by atoms with E-state index in [1.165, 1.54) is 0 Å². The molecule has 1 atom stereocenters. The van der Waals surface area contributed by atoms with Crippen LogP contribution in [-0.4, -0.2) is 28.7 Å². The Bertz CT molecular complexity index is 447. The Morgan fingerprint density at radius 2 is 2.00 bits per heavy atom. The van der Waals surface area contributed by atoms with Crippen molar-refractivity contribution < 1.29 is 4.79 Å². The lowest BCUT2D eigenvalue weighted by Gasteiger charge is -2.24. The van der Waals surface area contributed by atoms with Gasteiger partial charge in [0.25, 0.3) is 5.91 Å². The third kappa shape index (κ3) is 3.87. The molecule has 104 valence electrons. The van der Waals surface area contributed by atoms with Gasteiger partial charge in [-0.1, -0.05) is 39.1 Å². The summed E-state index contributed by atoms with van der Waals surface area (Å²) < 4.78 is 0. The summed E-state index contributed by atoms with van der Waals surface area (Å²) in [5.41, 5.74) is 0.586. The van der Waals surface area contributed by atoms with Gasteiger partial charge in [0.2, 0.25) is 0 Å². The molecule has 1 heterocycles. The first-order chi connectivity index (χ1) is 9.11. The van der Waals surface area contributed by atoms with Gasteiger partial charge >= 0.3 is 0 Å². The molecule has 1 amide bonds. The highest BCUT2D eigenvalue weighted by Crippen LogP contribution is 2.26. The highest BCUT2D eigenvalue weighted by atomic mass is 79.9. The predicted octanol–water partition coefficient (Wildman–Crippen LogP) is 4.77. The SMILES string of the molecule is O=C(c1cc(Cl)cc(Cl)c1)N1CCCC1CCCBr. The summed E-state index contributed by atoms with van der Waals surface area (Å²) in [7, 11) is 0. The van der Waals surface area contributed by atoms with Crippen molar-refractivity contribution in [1.29, 1.82) is 0 Å². The normalized spacial score (nSPS) is 18.9. The second-order valence-corrected chi connectivity index (χ2v) is 6.45. The molecule has 1 unspecified atom stereocenters. The number of halogens is 3. The first-order valence-electron chi connectivity index (χ1n) is 6.45. The Morgan fingerprint density at radius 3 is 2.63 bits per heavy atom. The minimum Gasteiger partial charge on any atom is -0.336 e. The van der Waals surface area contributed by atoms with E-state index in [9.17, 15) is 4.79 Å². The Morgan fingerprint density at radius 1 is 1.32 bits per heavy atom. The van der Waals surface area contributed by atoms with Gasteiger partial charge < -0.3 is 4.90 Å². The molecule has 19 heavy (non-hydrogen) atoms. The quantitative estimate of drug-likeness (QED) is 0.704. The molecule has 0 saturated carbocycles. The molecule has 0 radical (unpaired) electrons. The zero-order valence-electron chi connectivity index (χ0n) is 10.5. The van der Waals surface area contributed by atoms with E-state index in [-0.39, 0.29) is 5.91 Å². The average Bonchev–Trinajstić information content (AvgIpc) is 2.82. The molecular formula is C14H16BrCl2NO. The first kappa shape index (κ1) is 15.1. The van der Waals surface area contributed by atoms with Crippen LogP contribution < -0.4 is 0 Å². The largest absolute Gasteiger partial charge is 0.336 e. The van der Waals surface area contributed by atoms with Gasteiger partial charge in [-0.05, 0) is 43.9 Å². The van der Waals surface area contributed by atoms with Crippen LogP contribution in [0.25, 0.3) is 0 Å². The third-order valence-electron chi connectivity index (χ3n) is 3.42. The molecule has 2 rings (SSSR count). The van der Waals surface area contributed by atoms with Crippen LogP contribution in [0.3, 0.4) is 0 Å². The predicted molar refractivity (Wildman–Crippen MR) is 83.5 cm³/mol. The standard InChI is InChI=1S/C14H16BrCl2NO/c15-5-1-3-13-4-2-6-18(13)14(19)10-7-11(16)9-12(17)8-10/h7-9,13H,1-6H2. The van der Waals surface area contributed by atoms with Crippen LogP contribution in [0.5, 0.6) is 0 Å². The van der Waals surface area contributed by atoms with E-state index in [1.807, 2.05) is 4.90 Å². The van der Waals surface area contributed by atoms with Crippen LogP contribution in [0.15, 0.2) is 18.2 Å². The lowest BCUT2D eigenvalue weighted by atomic mass is 10.1. The van der Waals surface area contributed by atoms with Crippen molar-refractivity contribution in [3.8, 4) is 0 Å². The van der Waals surface area contributed by atoms with Crippen LogP contribution >= 0.6 is 39.1 Å². The summed E-state index contributed by atoms with van der Waals surface area (Å²) in [5, 5.41) is 1.99. The molecule has 1 aromatic carbocycles. The van der Waals surface area contributed by atoms with Crippen molar-refractivity contribution in [1.82, 2.24) is 4.90 Å². The van der Waals surface area contributed by atoms with E-state index in [0.29, 0.717) is 21.7 Å². The minimum atomic E-state index is 0.0430. The second-order valence-electron chi connectivity index (χ2n) is 4.78. The summed E-state index contributed by atoms with van der Waals surface area (Å²) >= 11 is 15.4. The Labute approximate surface area is 132 Å². The minimum absolute atomic E-state index is 0.0430. The molecule has 1 aliphatic heterocycles. The van der Waals surface area contributed by atoms with Crippen LogP contribution in [0, 0.1) is 0 Å². The molecule has 2 nitrogen and oxygen atoms in total. The smallest absolute Gasteiger partial charge is 0.254 e. The van der Waals surface area contributed by atoms with Crippen molar-refractivity contribution >= 4 is 45.0 Å². The number of amides is 1. The van der Waals surface area contributed by atoms with Crippen LogP contribution in [-0.2, 0) is 0 Å². The molecule has 5 heteroatoms. The molecule has 1 fully saturated rings. The second kappa shape index (κ2) is 6.96. The fourth-order valence-corrected chi connectivity index (χ4v) is 3.41. The van der Waals surface area contributed by atoms with Crippen molar-refractivity contribution in [3.63, 3.8) is 0 Å². The number of hydrogen-bond acceptors (Lipinski definition) is 1. The van der Waals surface area contributed by atoms with Crippen LogP contribution in [0.1, 0.15) is 36.0 Å². The molecule has 1 saturated heterocycles. The molecule has 0 aliphatic carbocycles. The number of carbonyl (C=O) groups is 1. The van der Waals surface area contributed by atoms with Gasteiger partial charge in [0.15, 0.2) is 0 Å². The van der Waals surface area contributed by atoms with Gasteiger partial charge in [0.05, 0.1) is 0 Å². The van der Waals surface area contributed by atoms with E-state index >= 15 is 0 Å². The summed E-state index contributed by atoms with van der Waals surface area (Å²) in [6, 6.07) is 5.38. The molecule has 0 N–H and O–H groups in total. The lowest BCUT2D eigenvalue weighted by Crippen LogP contribution is -2.35. The van der Waals surface area contributed by atoms with Crippen LogP contribution in [0.4, 0.5) is 0 Å². The number of hydrogen-bond donors (Lipinski definition) is 0. The van der Waals surface area contributed by atoms with E-state index in [2.05, 4.69) is 15.9 Å². The summed E-state index contributed by atoms with van der Waals surface area (Å²) in [4.78, 5) is 14.5. The number of carbonyl (C=O) groups excluding carboxylic acids is 1. The van der Waals surface area contributed by atoms with Crippen molar-refractivity contribution in [2.75, 3.05) is 11.9 Å². The summed E-state index contributed by atoms with van der Waals surface area (Å²) in [6.45, 7) is 0.829. The fourth-order valence-electron chi connectivity index (χ4n) is 2.56. The first-order valence-corrected chi connectivity index (χ1v) is 8.32. The highest BCUT2D eigenvalue weighted by molar-refractivity contribution is 9.09. The highest BCUT2D eigenvalue weighted by Gasteiger charge is 2.29. The maximum Gasteiger partial charge on any atom is 0.254 e. The zero-order valence-corrected chi connectivity index (χ0v) is 13.6. The molecule has 1 aromatic rings. The lowest BCUT2D eigenvalue weighted by molar-refractivity contribution is 0.0730. The molecule has 0 bridgehead atoms. The molecule has 1 aliphatic rings. The van der Waals surface area contributed by atoms with E-state index in [4.69, 9.17) is 23.2 Å². The molecule has 0 spiro atoms. The Hall–Kier alpha value is -0.250. The van der Waals surface area contributed by atoms with Gasteiger partial charge in [0, 0.05) is 33.5 Å². The van der Waals surface area contributed by atoms with Gasteiger partial charge in [-0.15, -0.1) is 0 Å². The van der Waals surface area contributed by atoms with Gasteiger partial charge in [-0.3, -0.25) is 4.79 Å². The van der Waals surface area contributed by atoms with E-state index in [1.54, 1.807) is 18.2 Å². The number of rotatable bonds is 4. The van der Waals surface area contributed by atoms with E-state index < -0.39 is 0 Å². The average molecular weight is 365 g/mol. The maximum atomic E-state index is 12.5. The number of benzene rings is 1. The van der Waals surface area contributed by atoms with Gasteiger partial charge in [-0.2, -0.15) is 0 Å². The number of alkyl halides is 1. The number of likely N-dealkylation sites (tertiary alicyclic amines) is 1. The maximum absolute atomic E-state index is 12.5. The summed E-state index contributed by atoms with van der Waals surface area (Å²) in [5.74, 6) is 0.0430. The monoisotopic (exact) mass is 363 g/mol. The Kier molecular flexibility index (Phi) is 5.55. The van der Waals surface area contributed by atoms with Crippen molar-refractivity contribution in [2.45, 2.75) is 31.7 Å². The zero-order chi connectivity index (χ0) is 13.8. The van der Waals surface area contributed by atoms with Gasteiger partial charge in [0.1, 0.15) is 0 Å². The fraction of sp³-hybridized carbons (Fsp3) is 0.500. The Balaban J connectivity index is 2.13. The van der Waals surface area contributed by atoms with Crippen molar-refractivity contribution in [3.05, 3.63) is 33.8 Å². The molecular weight excluding hydrogens is 349 g/mol. The third-order valence-corrected chi connectivity index (χ3v) is 4.42. The molecule has 0 aromatic heterocycles. The van der Waals surface area contributed by atoms with Crippen LogP contribution in [0.2, 0.25) is 10.0 Å². The summed E-state index contributed by atoms with van der Waals surface area (Å²) in [6.07, 6.45) is 4.30. The van der Waals surface area contributed by atoms with Crippen molar-refractivity contribution in [2.24, 2.45) is 0 Å². The topological polar surface area (TPSA) is 20.3 Å². The van der Waals surface area contributed by atoms with Gasteiger partial charge in [-0.25, -0.2) is 0 Å². The number of nitrogens with zero attached hydrogens (tertiary/aromatic N) is 1.